The third-order valence-electron chi connectivity index (χ3n) is 2.49. The first-order valence-electron chi connectivity index (χ1n) is 7.19. The SMILES string of the molecule is CC.CC.CC1CCN(C)CC1.c1ccnnc1. The minimum Gasteiger partial charge on any atom is -0.306 e. The monoisotopic (exact) mass is 253 g/mol. The molecule has 1 aliphatic rings. The second kappa shape index (κ2) is 16.0. The summed E-state index contributed by atoms with van der Waals surface area (Å²) < 4.78 is 0. The van der Waals surface area contributed by atoms with Gasteiger partial charge in [0.05, 0.1) is 0 Å². The highest BCUT2D eigenvalue weighted by Crippen LogP contribution is 2.13. The van der Waals surface area contributed by atoms with Crippen molar-refractivity contribution in [1.82, 2.24) is 15.1 Å². The van der Waals surface area contributed by atoms with Crippen molar-refractivity contribution in [3.05, 3.63) is 24.5 Å². The van der Waals surface area contributed by atoms with Crippen LogP contribution in [0.25, 0.3) is 0 Å². The molecule has 0 bridgehead atoms. The second-order valence-electron chi connectivity index (χ2n) is 3.90. The molecule has 1 aromatic rings. The lowest BCUT2D eigenvalue weighted by molar-refractivity contribution is 0.230. The van der Waals surface area contributed by atoms with Crippen molar-refractivity contribution in [3.63, 3.8) is 0 Å². The van der Waals surface area contributed by atoms with Gasteiger partial charge in [0.25, 0.3) is 0 Å². The normalized spacial score (nSPS) is 15.0. The molecule has 1 aliphatic heterocycles. The lowest BCUT2D eigenvalue weighted by Crippen LogP contribution is -2.28. The van der Waals surface area contributed by atoms with Gasteiger partial charge in [-0.3, -0.25) is 0 Å². The number of hydrogen-bond acceptors (Lipinski definition) is 3. The Morgan fingerprint density at radius 1 is 0.889 bits per heavy atom. The summed E-state index contributed by atoms with van der Waals surface area (Å²) in [6.07, 6.45) is 6.08. The Kier molecular flexibility index (Phi) is 17.3. The molecule has 0 aromatic carbocycles. The molecule has 0 unspecified atom stereocenters. The number of aromatic nitrogens is 2. The molecule has 0 atom stereocenters. The van der Waals surface area contributed by atoms with E-state index in [9.17, 15) is 0 Å². The van der Waals surface area contributed by atoms with Crippen LogP contribution in [-0.4, -0.2) is 35.2 Å². The van der Waals surface area contributed by atoms with Crippen molar-refractivity contribution >= 4 is 0 Å². The molecular weight excluding hydrogens is 222 g/mol. The van der Waals surface area contributed by atoms with Crippen LogP contribution in [0.2, 0.25) is 0 Å². The van der Waals surface area contributed by atoms with Gasteiger partial charge < -0.3 is 4.90 Å². The number of piperidine rings is 1. The molecule has 1 fully saturated rings. The van der Waals surface area contributed by atoms with E-state index >= 15 is 0 Å². The van der Waals surface area contributed by atoms with Crippen LogP contribution in [0.5, 0.6) is 0 Å². The molecule has 0 amide bonds. The fraction of sp³-hybridized carbons (Fsp3) is 0.733. The van der Waals surface area contributed by atoms with Crippen LogP contribution in [0, 0.1) is 5.92 Å². The highest BCUT2D eigenvalue weighted by Gasteiger charge is 2.10. The topological polar surface area (TPSA) is 29.0 Å². The molecule has 2 rings (SSSR count). The van der Waals surface area contributed by atoms with E-state index in [2.05, 4.69) is 29.1 Å². The van der Waals surface area contributed by atoms with Crippen LogP contribution < -0.4 is 0 Å². The quantitative estimate of drug-likeness (QED) is 0.702. The van der Waals surface area contributed by atoms with Gasteiger partial charge in [-0.2, -0.15) is 10.2 Å². The van der Waals surface area contributed by atoms with E-state index < -0.39 is 0 Å². The first-order valence-corrected chi connectivity index (χ1v) is 7.19. The molecule has 3 heteroatoms. The lowest BCUT2D eigenvalue weighted by Gasteiger charge is -2.26. The zero-order chi connectivity index (χ0) is 14.2. The van der Waals surface area contributed by atoms with Crippen LogP contribution >= 0.6 is 0 Å². The average molecular weight is 253 g/mol. The summed E-state index contributed by atoms with van der Waals surface area (Å²) in [7, 11) is 2.20. The summed E-state index contributed by atoms with van der Waals surface area (Å²) in [5.41, 5.74) is 0. The van der Waals surface area contributed by atoms with E-state index in [1.54, 1.807) is 12.4 Å². The van der Waals surface area contributed by atoms with Gasteiger partial charge in [0.1, 0.15) is 0 Å². The molecule has 0 radical (unpaired) electrons. The summed E-state index contributed by atoms with van der Waals surface area (Å²) in [5.74, 6) is 0.978. The molecule has 106 valence electrons. The van der Waals surface area contributed by atoms with Gasteiger partial charge in [-0.15, -0.1) is 0 Å². The molecule has 0 saturated carbocycles. The highest BCUT2D eigenvalue weighted by molar-refractivity contribution is 4.79. The van der Waals surface area contributed by atoms with Gasteiger partial charge in [-0.05, 0) is 51.0 Å². The van der Waals surface area contributed by atoms with Gasteiger partial charge in [-0.25, -0.2) is 0 Å². The van der Waals surface area contributed by atoms with Gasteiger partial charge in [0.15, 0.2) is 0 Å². The number of nitrogens with zero attached hydrogens (tertiary/aromatic N) is 3. The maximum atomic E-state index is 3.53. The Morgan fingerprint density at radius 3 is 1.50 bits per heavy atom. The van der Waals surface area contributed by atoms with Crippen molar-refractivity contribution in [3.8, 4) is 0 Å². The Hall–Kier alpha value is -0.960. The molecule has 1 saturated heterocycles. The maximum Gasteiger partial charge on any atom is 0.0496 e. The fourth-order valence-electron chi connectivity index (χ4n) is 1.39. The van der Waals surface area contributed by atoms with Crippen LogP contribution in [0.4, 0.5) is 0 Å². The highest BCUT2D eigenvalue weighted by atomic mass is 15.1. The van der Waals surface area contributed by atoms with Crippen molar-refractivity contribution < 1.29 is 0 Å². The van der Waals surface area contributed by atoms with Crippen molar-refractivity contribution in [1.29, 1.82) is 0 Å². The first kappa shape index (κ1) is 19.4. The molecule has 18 heavy (non-hydrogen) atoms. The number of rotatable bonds is 0. The second-order valence-corrected chi connectivity index (χ2v) is 3.90. The molecule has 2 heterocycles. The van der Waals surface area contributed by atoms with Gasteiger partial charge in [0, 0.05) is 12.4 Å². The van der Waals surface area contributed by atoms with E-state index in [0.29, 0.717) is 0 Å². The maximum absolute atomic E-state index is 3.53. The van der Waals surface area contributed by atoms with Crippen LogP contribution in [0.1, 0.15) is 47.5 Å². The van der Waals surface area contributed by atoms with Gasteiger partial charge in [0.2, 0.25) is 0 Å². The summed E-state index contributed by atoms with van der Waals surface area (Å²) in [6.45, 7) is 13.0. The van der Waals surface area contributed by atoms with Crippen molar-refractivity contribution in [2.45, 2.75) is 47.5 Å². The zero-order valence-electron chi connectivity index (χ0n) is 13.1. The average Bonchev–Trinajstić information content (AvgIpc) is 2.49. The van der Waals surface area contributed by atoms with E-state index in [1.807, 2.05) is 39.8 Å². The number of likely N-dealkylation sites (tertiary alicyclic amines) is 1. The van der Waals surface area contributed by atoms with Gasteiger partial charge >= 0.3 is 0 Å². The molecule has 0 aliphatic carbocycles. The predicted octanol–water partition coefficient (Wildman–Crippen LogP) is 3.88. The molecule has 0 spiro atoms. The Balaban J connectivity index is 0. The molecule has 0 N–H and O–H groups in total. The molecule has 1 aromatic heterocycles. The summed E-state index contributed by atoms with van der Waals surface area (Å²) in [4.78, 5) is 2.40. The largest absolute Gasteiger partial charge is 0.306 e. The number of hydrogen-bond donors (Lipinski definition) is 0. The minimum absolute atomic E-state index is 0.978. The fourth-order valence-corrected chi connectivity index (χ4v) is 1.39. The van der Waals surface area contributed by atoms with E-state index in [0.717, 1.165) is 5.92 Å². The summed E-state index contributed by atoms with van der Waals surface area (Å²) >= 11 is 0. The third kappa shape index (κ3) is 13.1. The molecular formula is C15H31N3. The summed E-state index contributed by atoms with van der Waals surface area (Å²) in [6, 6.07) is 3.65. The summed E-state index contributed by atoms with van der Waals surface area (Å²) in [5, 5.41) is 7.07. The first-order chi connectivity index (χ1) is 8.79. The van der Waals surface area contributed by atoms with Crippen molar-refractivity contribution in [2.75, 3.05) is 20.1 Å². The van der Waals surface area contributed by atoms with E-state index in [4.69, 9.17) is 0 Å². The predicted molar refractivity (Wildman–Crippen MR) is 80.6 cm³/mol. The Labute approximate surface area is 114 Å². The van der Waals surface area contributed by atoms with Crippen LogP contribution in [0.3, 0.4) is 0 Å². The lowest BCUT2D eigenvalue weighted by atomic mass is 10.00. The van der Waals surface area contributed by atoms with Crippen LogP contribution in [0.15, 0.2) is 24.5 Å². The van der Waals surface area contributed by atoms with E-state index in [-0.39, 0.29) is 0 Å². The zero-order valence-corrected chi connectivity index (χ0v) is 13.1. The van der Waals surface area contributed by atoms with Gasteiger partial charge in [-0.1, -0.05) is 34.6 Å². The standard InChI is InChI=1S/C7H15N.C4H4N2.2C2H6/c1-7-3-5-8(2)6-4-7;1-2-4-6-5-3-1;2*1-2/h7H,3-6H2,1-2H3;1-4H;2*1-2H3. The van der Waals surface area contributed by atoms with E-state index in [1.165, 1.54) is 25.9 Å². The van der Waals surface area contributed by atoms with Crippen molar-refractivity contribution in [2.24, 2.45) is 5.92 Å². The van der Waals surface area contributed by atoms with Crippen LogP contribution in [-0.2, 0) is 0 Å². The Bertz CT molecular complexity index is 182. The minimum atomic E-state index is 0.978. The third-order valence-corrected chi connectivity index (χ3v) is 2.49. The Morgan fingerprint density at radius 2 is 1.28 bits per heavy atom. The molecule has 3 nitrogen and oxygen atoms in total. The smallest absolute Gasteiger partial charge is 0.0496 e.